The number of hydrogen-bond donors (Lipinski definition) is 1. The zero-order valence-electron chi connectivity index (χ0n) is 13.4. The number of H-pyrrole nitrogens is 1. The van der Waals surface area contributed by atoms with Crippen LogP contribution in [0.25, 0.3) is 39.9 Å². The van der Waals surface area contributed by atoms with E-state index in [1.807, 2.05) is 13.0 Å². The third-order valence-electron chi connectivity index (χ3n) is 4.21. The normalized spacial score (nSPS) is 13.3. The summed E-state index contributed by atoms with van der Waals surface area (Å²) >= 11 is 0. The van der Waals surface area contributed by atoms with Gasteiger partial charge in [-0.25, -0.2) is 0 Å². The average molecular weight is 287 g/mol. The number of allylic oxidation sites excluding steroid dienone is 3. The lowest BCUT2D eigenvalue weighted by Crippen LogP contribution is -2.03. The molecule has 1 heteroatoms. The van der Waals surface area contributed by atoms with Crippen molar-refractivity contribution in [2.75, 3.05) is 0 Å². The minimum Gasteiger partial charge on any atom is -0.354 e. The summed E-state index contributed by atoms with van der Waals surface area (Å²) in [6.45, 7) is 10.3. The van der Waals surface area contributed by atoms with Crippen LogP contribution in [0.2, 0.25) is 0 Å². The van der Waals surface area contributed by atoms with Gasteiger partial charge in [-0.15, -0.1) is 0 Å². The van der Waals surface area contributed by atoms with Gasteiger partial charge in [-0.3, -0.25) is 0 Å². The minimum atomic E-state index is 1.17. The molecule has 0 atom stereocenters. The molecule has 3 rings (SSSR count). The fourth-order valence-electron chi connectivity index (χ4n) is 3.28. The first-order chi connectivity index (χ1) is 10.7. The van der Waals surface area contributed by atoms with Gasteiger partial charge in [0.05, 0.1) is 0 Å². The van der Waals surface area contributed by atoms with Crippen molar-refractivity contribution >= 4 is 39.9 Å². The molecule has 0 saturated heterocycles. The fraction of sp³-hybridized carbons (Fsp3) is 0.143. The minimum absolute atomic E-state index is 1.17. The highest BCUT2D eigenvalue weighted by Crippen LogP contribution is 2.34. The standard InChI is InChI=1S/C21H21N/c1-5-8-12-18-20-14(4)16(10-6-2)15(7-3)17-11-9-13-19(22-18)21(17)20/h5-13,22H,3H2,1-2,4H3/b8-5-,10-6-,18-12+. The largest absolute Gasteiger partial charge is 0.354 e. The molecule has 22 heavy (non-hydrogen) atoms. The van der Waals surface area contributed by atoms with E-state index >= 15 is 0 Å². The molecule has 0 saturated carbocycles. The van der Waals surface area contributed by atoms with Crippen molar-refractivity contribution < 1.29 is 0 Å². The van der Waals surface area contributed by atoms with Crippen LogP contribution < -0.4 is 5.35 Å². The van der Waals surface area contributed by atoms with Crippen molar-refractivity contribution in [2.45, 2.75) is 20.8 Å². The first-order valence-electron chi connectivity index (χ1n) is 7.67. The van der Waals surface area contributed by atoms with Crippen LogP contribution in [-0.4, -0.2) is 4.98 Å². The average Bonchev–Trinajstić information content (AvgIpc) is 2.90. The molecule has 0 bridgehead atoms. The molecule has 1 N–H and O–H groups in total. The summed E-state index contributed by atoms with van der Waals surface area (Å²) < 4.78 is 0. The van der Waals surface area contributed by atoms with Crippen molar-refractivity contribution in [2.24, 2.45) is 0 Å². The summed E-state index contributed by atoms with van der Waals surface area (Å²) in [4.78, 5) is 3.56. The smallest absolute Gasteiger partial charge is 0.0471 e. The maximum Gasteiger partial charge on any atom is 0.0471 e. The summed E-state index contributed by atoms with van der Waals surface area (Å²) in [5, 5.41) is 5.04. The third-order valence-corrected chi connectivity index (χ3v) is 4.21. The molecule has 0 aliphatic heterocycles. The van der Waals surface area contributed by atoms with E-state index in [-0.39, 0.29) is 0 Å². The number of aryl methyl sites for hydroxylation is 1. The fourth-order valence-corrected chi connectivity index (χ4v) is 3.28. The van der Waals surface area contributed by atoms with Crippen molar-refractivity contribution in [1.82, 2.24) is 4.98 Å². The van der Waals surface area contributed by atoms with Gasteiger partial charge in [0.1, 0.15) is 0 Å². The van der Waals surface area contributed by atoms with E-state index in [0.29, 0.717) is 0 Å². The quantitative estimate of drug-likeness (QED) is 0.665. The Balaban J connectivity index is 2.64. The Morgan fingerprint density at radius 3 is 2.55 bits per heavy atom. The summed E-state index contributed by atoms with van der Waals surface area (Å²) in [6, 6.07) is 6.44. The molecule has 0 aliphatic rings. The Kier molecular flexibility index (Phi) is 3.72. The van der Waals surface area contributed by atoms with Gasteiger partial charge < -0.3 is 4.98 Å². The number of rotatable bonds is 3. The zero-order chi connectivity index (χ0) is 15.7. The molecule has 1 aromatic heterocycles. The van der Waals surface area contributed by atoms with Gasteiger partial charge >= 0.3 is 0 Å². The highest BCUT2D eigenvalue weighted by Gasteiger charge is 2.15. The van der Waals surface area contributed by atoms with Gasteiger partial charge in [0.15, 0.2) is 0 Å². The number of benzene rings is 2. The second-order valence-corrected chi connectivity index (χ2v) is 5.49. The molecule has 0 amide bonds. The van der Waals surface area contributed by atoms with E-state index in [0.717, 1.165) is 0 Å². The van der Waals surface area contributed by atoms with Crippen LogP contribution in [0.1, 0.15) is 30.5 Å². The van der Waals surface area contributed by atoms with Crippen LogP contribution in [0, 0.1) is 6.92 Å². The van der Waals surface area contributed by atoms with Crippen LogP contribution in [-0.2, 0) is 0 Å². The summed E-state index contributed by atoms with van der Waals surface area (Å²) in [6.07, 6.45) is 12.5. The van der Waals surface area contributed by atoms with Gasteiger partial charge in [0.2, 0.25) is 0 Å². The maximum atomic E-state index is 4.03. The summed E-state index contributed by atoms with van der Waals surface area (Å²) in [5.74, 6) is 0. The van der Waals surface area contributed by atoms with Crippen LogP contribution in [0.4, 0.5) is 0 Å². The molecule has 110 valence electrons. The molecular weight excluding hydrogens is 266 g/mol. The van der Waals surface area contributed by atoms with Crippen LogP contribution in [0.5, 0.6) is 0 Å². The monoisotopic (exact) mass is 287 g/mol. The molecule has 0 fully saturated rings. The predicted molar refractivity (Wildman–Crippen MR) is 99.8 cm³/mol. The van der Waals surface area contributed by atoms with E-state index in [1.54, 1.807) is 0 Å². The SMILES string of the molecule is C=Cc1c(/C=C\C)c(C)c2/c(=C\C=C/C)[nH]c3cccc1c32. The highest BCUT2D eigenvalue weighted by atomic mass is 14.7. The van der Waals surface area contributed by atoms with Crippen molar-refractivity contribution in [3.8, 4) is 0 Å². The van der Waals surface area contributed by atoms with Gasteiger partial charge in [-0.05, 0) is 55.0 Å². The molecule has 0 unspecified atom stereocenters. The summed E-state index contributed by atoms with van der Waals surface area (Å²) in [5.41, 5.74) is 4.95. The zero-order valence-corrected chi connectivity index (χ0v) is 13.4. The van der Waals surface area contributed by atoms with Crippen LogP contribution in [0.15, 0.2) is 43.0 Å². The van der Waals surface area contributed by atoms with E-state index in [2.05, 4.69) is 74.0 Å². The number of nitrogens with one attached hydrogen (secondary N) is 1. The van der Waals surface area contributed by atoms with Crippen molar-refractivity contribution in [1.29, 1.82) is 0 Å². The van der Waals surface area contributed by atoms with E-state index in [4.69, 9.17) is 0 Å². The van der Waals surface area contributed by atoms with Gasteiger partial charge in [0, 0.05) is 21.6 Å². The molecule has 0 spiro atoms. The van der Waals surface area contributed by atoms with Crippen LogP contribution in [0.3, 0.4) is 0 Å². The van der Waals surface area contributed by atoms with Gasteiger partial charge in [0.25, 0.3) is 0 Å². The van der Waals surface area contributed by atoms with Gasteiger partial charge in [-0.1, -0.05) is 49.1 Å². The number of aromatic amines is 1. The lowest BCUT2D eigenvalue weighted by Gasteiger charge is -2.12. The second kappa shape index (κ2) is 5.69. The second-order valence-electron chi connectivity index (χ2n) is 5.49. The molecule has 3 aromatic rings. The third kappa shape index (κ3) is 2.01. The Bertz CT molecular complexity index is 965. The van der Waals surface area contributed by atoms with E-state index in [1.165, 1.54) is 43.7 Å². The topological polar surface area (TPSA) is 15.8 Å². The molecule has 0 aliphatic carbocycles. The Morgan fingerprint density at radius 2 is 1.86 bits per heavy atom. The Labute approximate surface area is 131 Å². The first-order valence-corrected chi connectivity index (χ1v) is 7.67. The molecular formula is C21H21N. The molecule has 2 aromatic carbocycles. The Hall–Kier alpha value is -2.54. The number of hydrogen-bond acceptors (Lipinski definition) is 0. The molecule has 1 nitrogen and oxygen atoms in total. The lowest BCUT2D eigenvalue weighted by atomic mass is 9.91. The highest BCUT2D eigenvalue weighted by molar-refractivity contribution is 6.15. The van der Waals surface area contributed by atoms with E-state index in [9.17, 15) is 0 Å². The van der Waals surface area contributed by atoms with Crippen LogP contribution >= 0.6 is 0 Å². The van der Waals surface area contributed by atoms with Gasteiger partial charge in [-0.2, -0.15) is 0 Å². The lowest BCUT2D eigenvalue weighted by molar-refractivity contribution is 1.39. The molecule has 0 radical (unpaired) electrons. The predicted octanol–water partition coefficient (Wildman–Crippen LogP) is 5.38. The maximum absolute atomic E-state index is 4.03. The van der Waals surface area contributed by atoms with Crippen molar-refractivity contribution in [3.05, 3.63) is 65.0 Å². The Morgan fingerprint density at radius 1 is 1.05 bits per heavy atom. The first kappa shape index (κ1) is 14.4. The molecule has 1 heterocycles. The van der Waals surface area contributed by atoms with Crippen molar-refractivity contribution in [3.63, 3.8) is 0 Å². The van der Waals surface area contributed by atoms with E-state index < -0.39 is 0 Å². The number of aromatic nitrogens is 1. The summed E-state index contributed by atoms with van der Waals surface area (Å²) in [7, 11) is 0.